The van der Waals surface area contributed by atoms with Crippen LogP contribution in [0.15, 0.2) is 5.38 Å². The van der Waals surface area contributed by atoms with Gasteiger partial charge in [-0.25, -0.2) is 4.98 Å². The second kappa shape index (κ2) is 4.10. The van der Waals surface area contributed by atoms with Crippen molar-refractivity contribution in [3.63, 3.8) is 0 Å². The van der Waals surface area contributed by atoms with Crippen LogP contribution in [0.25, 0.3) is 0 Å². The highest BCUT2D eigenvalue weighted by Gasteiger charge is 2.07. The molecule has 0 aliphatic carbocycles. The highest BCUT2D eigenvalue weighted by atomic mass is 35.5. The molecule has 1 unspecified atom stereocenters. The first-order valence-corrected chi connectivity index (χ1v) is 5.18. The van der Waals surface area contributed by atoms with Crippen molar-refractivity contribution in [2.75, 3.05) is 18.5 Å². The van der Waals surface area contributed by atoms with E-state index in [4.69, 9.17) is 11.6 Å². The number of rotatable bonds is 3. The lowest BCUT2D eigenvalue weighted by Gasteiger charge is -2.16. The number of aromatic nitrogens is 1. The minimum Gasteiger partial charge on any atom is -0.350 e. The molecule has 12 heavy (non-hydrogen) atoms. The lowest BCUT2D eigenvalue weighted by atomic mass is 10.4. The van der Waals surface area contributed by atoms with Gasteiger partial charge in [0.25, 0.3) is 0 Å². The summed E-state index contributed by atoms with van der Waals surface area (Å²) >= 11 is 7.52. The molecule has 0 saturated carbocycles. The Bertz CT molecular complexity index is 247. The molecule has 68 valence electrons. The number of nitrogens with zero attached hydrogens (tertiary/aromatic N) is 2. The fraction of sp³-hybridized carbons (Fsp3) is 0.625. The van der Waals surface area contributed by atoms with E-state index in [1.807, 2.05) is 26.3 Å². The van der Waals surface area contributed by atoms with Gasteiger partial charge in [0.2, 0.25) is 0 Å². The fourth-order valence-electron chi connectivity index (χ4n) is 0.972. The number of hydrogen-bond donors (Lipinski definition) is 0. The quantitative estimate of drug-likeness (QED) is 0.704. The maximum absolute atomic E-state index is 5.86. The third-order valence-corrected chi connectivity index (χ3v) is 2.67. The minimum absolute atomic E-state index is 0.166. The summed E-state index contributed by atoms with van der Waals surface area (Å²) in [5.74, 6) is 0. The molecule has 0 fully saturated rings. The number of alkyl halides is 1. The second-order valence-corrected chi connectivity index (χ2v) is 4.51. The van der Waals surface area contributed by atoms with Crippen LogP contribution in [-0.2, 0) is 0 Å². The summed E-state index contributed by atoms with van der Waals surface area (Å²) in [6, 6.07) is 0. The molecule has 0 bridgehead atoms. The summed E-state index contributed by atoms with van der Waals surface area (Å²) < 4.78 is 0. The first kappa shape index (κ1) is 9.81. The Kier molecular flexibility index (Phi) is 3.35. The average Bonchev–Trinajstić information content (AvgIpc) is 2.34. The standard InChI is InChI=1S/C8H13ClN2S/c1-6(9)4-11(3)8-10-7(2)5-12-8/h5-6H,4H2,1-3H3. The SMILES string of the molecule is Cc1csc(N(C)CC(C)Cl)n1. The number of hydrogen-bond acceptors (Lipinski definition) is 3. The number of thiazole rings is 1. The van der Waals surface area contributed by atoms with Gasteiger partial charge in [-0.05, 0) is 13.8 Å². The van der Waals surface area contributed by atoms with Crippen LogP contribution in [0.1, 0.15) is 12.6 Å². The Morgan fingerprint density at radius 2 is 2.42 bits per heavy atom. The van der Waals surface area contributed by atoms with E-state index in [1.54, 1.807) is 11.3 Å². The van der Waals surface area contributed by atoms with Crippen molar-refractivity contribution in [3.05, 3.63) is 11.1 Å². The van der Waals surface area contributed by atoms with E-state index in [0.717, 1.165) is 17.4 Å². The smallest absolute Gasteiger partial charge is 0.185 e. The van der Waals surface area contributed by atoms with Crippen LogP contribution < -0.4 is 4.90 Å². The molecular formula is C8H13ClN2S. The largest absolute Gasteiger partial charge is 0.350 e. The first-order chi connectivity index (χ1) is 5.59. The summed E-state index contributed by atoms with van der Waals surface area (Å²) in [6.45, 7) is 4.82. The van der Waals surface area contributed by atoms with Crippen molar-refractivity contribution < 1.29 is 0 Å². The van der Waals surface area contributed by atoms with Crippen molar-refractivity contribution in [1.29, 1.82) is 0 Å². The van der Waals surface area contributed by atoms with Crippen LogP contribution in [0.2, 0.25) is 0 Å². The molecule has 0 spiro atoms. The van der Waals surface area contributed by atoms with Crippen LogP contribution >= 0.6 is 22.9 Å². The van der Waals surface area contributed by atoms with Gasteiger partial charge in [-0.3, -0.25) is 0 Å². The molecule has 2 nitrogen and oxygen atoms in total. The molecule has 1 rings (SSSR count). The fourth-order valence-corrected chi connectivity index (χ4v) is 1.96. The predicted molar refractivity (Wildman–Crippen MR) is 55.4 cm³/mol. The number of anilines is 1. The summed E-state index contributed by atoms with van der Waals surface area (Å²) in [7, 11) is 2.01. The van der Waals surface area contributed by atoms with Crippen LogP contribution in [0.3, 0.4) is 0 Å². The molecule has 1 aromatic heterocycles. The predicted octanol–water partition coefficient (Wildman–Crippen LogP) is 2.52. The van der Waals surface area contributed by atoms with E-state index in [1.165, 1.54) is 0 Å². The van der Waals surface area contributed by atoms with Crippen molar-refractivity contribution in [2.45, 2.75) is 19.2 Å². The van der Waals surface area contributed by atoms with Crippen molar-refractivity contribution in [1.82, 2.24) is 4.98 Å². The topological polar surface area (TPSA) is 16.1 Å². The van der Waals surface area contributed by atoms with E-state index >= 15 is 0 Å². The molecule has 1 heterocycles. The van der Waals surface area contributed by atoms with Gasteiger partial charge in [0.1, 0.15) is 0 Å². The maximum Gasteiger partial charge on any atom is 0.185 e. The monoisotopic (exact) mass is 204 g/mol. The highest BCUT2D eigenvalue weighted by Crippen LogP contribution is 2.19. The Morgan fingerprint density at radius 1 is 1.75 bits per heavy atom. The normalized spacial score (nSPS) is 13.0. The van der Waals surface area contributed by atoms with Crippen LogP contribution in [-0.4, -0.2) is 24.0 Å². The molecule has 0 N–H and O–H groups in total. The van der Waals surface area contributed by atoms with E-state index < -0.39 is 0 Å². The Balaban J connectivity index is 2.58. The summed E-state index contributed by atoms with van der Waals surface area (Å²) in [6.07, 6.45) is 0. The third kappa shape index (κ3) is 2.64. The van der Waals surface area contributed by atoms with E-state index in [9.17, 15) is 0 Å². The molecule has 1 atom stereocenters. The van der Waals surface area contributed by atoms with Crippen molar-refractivity contribution in [2.24, 2.45) is 0 Å². The van der Waals surface area contributed by atoms with Gasteiger partial charge in [0, 0.05) is 24.3 Å². The Morgan fingerprint density at radius 3 is 2.83 bits per heavy atom. The molecule has 1 aromatic rings. The van der Waals surface area contributed by atoms with E-state index in [2.05, 4.69) is 9.88 Å². The Hall–Kier alpha value is -0.280. The molecule has 0 aliphatic rings. The van der Waals surface area contributed by atoms with Gasteiger partial charge in [-0.1, -0.05) is 0 Å². The number of aryl methyl sites for hydroxylation is 1. The summed E-state index contributed by atoms with van der Waals surface area (Å²) in [5, 5.41) is 3.25. The molecule has 4 heteroatoms. The van der Waals surface area contributed by atoms with Crippen LogP contribution in [0.4, 0.5) is 5.13 Å². The van der Waals surface area contributed by atoms with Crippen molar-refractivity contribution in [3.8, 4) is 0 Å². The van der Waals surface area contributed by atoms with Gasteiger partial charge in [-0.2, -0.15) is 0 Å². The van der Waals surface area contributed by atoms with Crippen molar-refractivity contribution >= 4 is 28.1 Å². The molecule has 0 amide bonds. The van der Waals surface area contributed by atoms with Gasteiger partial charge in [0.15, 0.2) is 5.13 Å². The lowest BCUT2D eigenvalue weighted by molar-refractivity contribution is 0.853. The van der Waals surface area contributed by atoms with Gasteiger partial charge in [0.05, 0.1) is 5.69 Å². The van der Waals surface area contributed by atoms with Crippen LogP contribution in [0.5, 0.6) is 0 Å². The zero-order valence-corrected chi connectivity index (χ0v) is 9.11. The van der Waals surface area contributed by atoms with E-state index in [0.29, 0.717) is 0 Å². The average molecular weight is 205 g/mol. The minimum atomic E-state index is 0.166. The Labute approximate surface area is 82.2 Å². The lowest BCUT2D eigenvalue weighted by Crippen LogP contribution is -2.23. The summed E-state index contributed by atoms with van der Waals surface area (Å²) in [4.78, 5) is 6.43. The van der Waals surface area contributed by atoms with Gasteiger partial charge >= 0.3 is 0 Å². The van der Waals surface area contributed by atoms with Gasteiger partial charge in [-0.15, -0.1) is 22.9 Å². The molecule has 0 aliphatic heterocycles. The first-order valence-electron chi connectivity index (χ1n) is 3.87. The van der Waals surface area contributed by atoms with Gasteiger partial charge < -0.3 is 4.90 Å². The van der Waals surface area contributed by atoms with Crippen LogP contribution in [0, 0.1) is 6.92 Å². The molecular weight excluding hydrogens is 192 g/mol. The third-order valence-electron chi connectivity index (χ3n) is 1.46. The summed E-state index contributed by atoms with van der Waals surface area (Å²) in [5.41, 5.74) is 1.07. The molecule has 0 saturated heterocycles. The van der Waals surface area contributed by atoms with E-state index in [-0.39, 0.29) is 5.38 Å². The highest BCUT2D eigenvalue weighted by molar-refractivity contribution is 7.13. The zero-order valence-electron chi connectivity index (χ0n) is 7.54. The molecule has 0 aromatic carbocycles. The zero-order chi connectivity index (χ0) is 9.14. The maximum atomic E-state index is 5.86. The number of halogens is 1. The molecule has 0 radical (unpaired) electrons. The second-order valence-electron chi connectivity index (χ2n) is 2.93.